The third kappa shape index (κ3) is 4.34. The molecule has 3 rings (SSSR count). The molecule has 0 spiro atoms. The molecule has 0 radical (unpaired) electrons. The summed E-state index contributed by atoms with van der Waals surface area (Å²) in [7, 11) is 0. The van der Waals surface area contributed by atoms with E-state index in [-0.39, 0.29) is 5.91 Å². The van der Waals surface area contributed by atoms with Gasteiger partial charge in [0, 0.05) is 33.7 Å². The van der Waals surface area contributed by atoms with Crippen molar-refractivity contribution in [3.05, 3.63) is 56.8 Å². The number of carbonyl (C=O) groups excluding carboxylic acids is 1. The molecule has 3 aromatic rings. The van der Waals surface area contributed by atoms with Crippen LogP contribution in [-0.2, 0) is 11.3 Å². The zero-order valence-electron chi connectivity index (χ0n) is 14.5. The lowest BCUT2D eigenvalue weighted by Gasteiger charge is -2.05. The molecule has 1 heterocycles. The van der Waals surface area contributed by atoms with Crippen molar-refractivity contribution in [3.63, 3.8) is 0 Å². The number of rotatable bonds is 5. The molecular weight excluding hydrogens is 407 g/mol. The molecule has 136 valence electrons. The molecule has 2 aromatic carbocycles. The number of carbonyl (C=O) groups is 1. The zero-order chi connectivity index (χ0) is 18.7. The molecule has 0 saturated heterocycles. The van der Waals surface area contributed by atoms with Crippen molar-refractivity contribution in [2.75, 3.05) is 5.75 Å². The van der Waals surface area contributed by atoms with Gasteiger partial charge < -0.3 is 4.57 Å². The largest absolute Gasteiger partial charge is 0.316 e. The molecule has 3 nitrogen and oxygen atoms in total. The quantitative estimate of drug-likeness (QED) is 0.474. The van der Waals surface area contributed by atoms with Crippen LogP contribution in [0.1, 0.15) is 18.9 Å². The standard InChI is InChI=1S/C19H18Cl2N2OS2/c1-3-23-18-12(2)15(21)8-9-16(18)26-19(23)22-17(24)10-11-25-14-6-4-13(20)5-7-14/h4-9H,3,10-11H2,1-2H3. The number of benzene rings is 2. The van der Waals surface area contributed by atoms with Crippen molar-refractivity contribution in [1.82, 2.24) is 4.57 Å². The monoisotopic (exact) mass is 424 g/mol. The molecule has 7 heteroatoms. The molecule has 0 N–H and O–H groups in total. The summed E-state index contributed by atoms with van der Waals surface area (Å²) < 4.78 is 3.15. The van der Waals surface area contributed by atoms with Crippen molar-refractivity contribution in [1.29, 1.82) is 0 Å². The zero-order valence-corrected chi connectivity index (χ0v) is 17.6. The predicted molar refractivity (Wildman–Crippen MR) is 113 cm³/mol. The van der Waals surface area contributed by atoms with Gasteiger partial charge in [0.15, 0.2) is 4.80 Å². The number of aryl methyl sites for hydroxylation is 2. The van der Waals surface area contributed by atoms with E-state index in [0.29, 0.717) is 17.2 Å². The highest BCUT2D eigenvalue weighted by Gasteiger charge is 2.11. The summed E-state index contributed by atoms with van der Waals surface area (Å²) in [6, 6.07) is 11.5. The second-order valence-corrected chi connectivity index (χ2v) is 8.73. The lowest BCUT2D eigenvalue weighted by molar-refractivity contribution is -0.117. The third-order valence-corrected chi connectivity index (χ3v) is 6.68. The fraction of sp³-hybridized carbons (Fsp3) is 0.263. The van der Waals surface area contributed by atoms with Crippen molar-refractivity contribution in [2.45, 2.75) is 31.7 Å². The molecule has 0 aliphatic rings. The Kier molecular flexibility index (Phi) is 6.46. The van der Waals surface area contributed by atoms with Gasteiger partial charge in [0.2, 0.25) is 5.91 Å². The number of thiazole rings is 1. The van der Waals surface area contributed by atoms with Crippen LogP contribution in [0.3, 0.4) is 0 Å². The Labute approximate surface area is 170 Å². The third-order valence-electron chi connectivity index (χ3n) is 3.96. The van der Waals surface area contributed by atoms with Crippen LogP contribution in [0, 0.1) is 6.92 Å². The maximum atomic E-state index is 12.3. The number of amides is 1. The van der Waals surface area contributed by atoms with Gasteiger partial charge in [0.25, 0.3) is 0 Å². The highest BCUT2D eigenvalue weighted by molar-refractivity contribution is 7.99. The summed E-state index contributed by atoms with van der Waals surface area (Å²) in [5, 5.41) is 1.44. The number of aromatic nitrogens is 1. The second-order valence-electron chi connectivity index (χ2n) is 5.71. The fourth-order valence-electron chi connectivity index (χ4n) is 2.64. The van der Waals surface area contributed by atoms with E-state index in [1.165, 1.54) is 11.3 Å². The molecule has 0 saturated carbocycles. The number of hydrogen-bond acceptors (Lipinski definition) is 3. The first-order valence-corrected chi connectivity index (χ1v) is 10.8. The number of halogens is 2. The minimum absolute atomic E-state index is 0.107. The van der Waals surface area contributed by atoms with E-state index < -0.39 is 0 Å². The normalized spacial score (nSPS) is 12.1. The number of thioether (sulfide) groups is 1. The highest BCUT2D eigenvalue weighted by atomic mass is 35.5. The van der Waals surface area contributed by atoms with Crippen molar-refractivity contribution in [2.24, 2.45) is 4.99 Å². The molecule has 0 unspecified atom stereocenters. The van der Waals surface area contributed by atoms with Crippen LogP contribution < -0.4 is 4.80 Å². The lowest BCUT2D eigenvalue weighted by Crippen LogP contribution is -2.16. The Morgan fingerprint density at radius 2 is 1.92 bits per heavy atom. The number of hydrogen-bond donors (Lipinski definition) is 0. The summed E-state index contributed by atoms with van der Waals surface area (Å²) in [6.07, 6.45) is 0.394. The number of nitrogens with zero attached hydrogens (tertiary/aromatic N) is 2. The maximum Gasteiger partial charge on any atom is 0.249 e. The topological polar surface area (TPSA) is 34.4 Å². The van der Waals surface area contributed by atoms with Gasteiger partial charge in [-0.15, -0.1) is 11.8 Å². The Morgan fingerprint density at radius 3 is 2.62 bits per heavy atom. The van der Waals surface area contributed by atoms with Crippen LogP contribution in [0.25, 0.3) is 10.2 Å². The first-order valence-electron chi connectivity index (χ1n) is 8.24. The Hall–Kier alpha value is -1.27. The maximum absolute atomic E-state index is 12.3. The molecule has 1 aromatic heterocycles. The summed E-state index contributed by atoms with van der Waals surface area (Å²) in [4.78, 5) is 18.5. The van der Waals surface area contributed by atoms with Crippen LogP contribution in [0.2, 0.25) is 10.0 Å². The van der Waals surface area contributed by atoms with Crippen LogP contribution in [-0.4, -0.2) is 16.2 Å². The van der Waals surface area contributed by atoms with E-state index in [9.17, 15) is 4.79 Å². The molecule has 0 fully saturated rings. The molecule has 0 atom stereocenters. The average molecular weight is 425 g/mol. The summed E-state index contributed by atoms with van der Waals surface area (Å²) in [6.45, 7) is 4.79. The van der Waals surface area contributed by atoms with E-state index in [4.69, 9.17) is 23.2 Å². The first kappa shape index (κ1) is 19.5. The van der Waals surface area contributed by atoms with E-state index in [0.717, 1.165) is 37.0 Å². The van der Waals surface area contributed by atoms with Gasteiger partial charge in [-0.2, -0.15) is 4.99 Å². The smallest absolute Gasteiger partial charge is 0.249 e. The van der Waals surface area contributed by atoms with E-state index >= 15 is 0 Å². The van der Waals surface area contributed by atoms with Crippen molar-refractivity contribution in [3.8, 4) is 0 Å². The van der Waals surface area contributed by atoms with Gasteiger partial charge in [-0.3, -0.25) is 4.79 Å². The van der Waals surface area contributed by atoms with E-state index in [2.05, 4.69) is 9.56 Å². The number of fused-ring (bicyclic) bond motifs is 1. The lowest BCUT2D eigenvalue weighted by atomic mass is 10.2. The molecule has 0 aliphatic heterocycles. The van der Waals surface area contributed by atoms with Crippen LogP contribution in [0.15, 0.2) is 46.3 Å². The van der Waals surface area contributed by atoms with Gasteiger partial charge in [-0.25, -0.2) is 0 Å². The molecule has 0 bridgehead atoms. The predicted octanol–water partition coefficient (Wildman–Crippen LogP) is 5.95. The summed E-state index contributed by atoms with van der Waals surface area (Å²) >= 11 is 15.3. The fourth-order valence-corrected chi connectivity index (χ4v) is 4.93. The van der Waals surface area contributed by atoms with Crippen LogP contribution in [0.5, 0.6) is 0 Å². The Bertz CT molecular complexity index is 1010. The summed E-state index contributed by atoms with van der Waals surface area (Å²) in [5.41, 5.74) is 2.08. The molecule has 1 amide bonds. The highest BCUT2D eigenvalue weighted by Crippen LogP contribution is 2.27. The van der Waals surface area contributed by atoms with Gasteiger partial charge in [-0.05, 0) is 55.8 Å². The minimum atomic E-state index is -0.107. The average Bonchev–Trinajstić information content (AvgIpc) is 2.97. The van der Waals surface area contributed by atoms with Crippen LogP contribution >= 0.6 is 46.3 Å². The minimum Gasteiger partial charge on any atom is -0.316 e. The first-order chi connectivity index (χ1) is 12.5. The van der Waals surface area contributed by atoms with Gasteiger partial charge in [0.05, 0.1) is 10.2 Å². The molecule has 0 aliphatic carbocycles. The van der Waals surface area contributed by atoms with Gasteiger partial charge >= 0.3 is 0 Å². The second kappa shape index (κ2) is 8.61. The van der Waals surface area contributed by atoms with Gasteiger partial charge in [-0.1, -0.05) is 34.5 Å². The van der Waals surface area contributed by atoms with Gasteiger partial charge in [0.1, 0.15) is 0 Å². The molecule has 26 heavy (non-hydrogen) atoms. The Balaban J connectivity index is 1.77. The SMILES string of the molecule is CCn1c(=NC(=O)CCSc2ccc(Cl)cc2)sc2ccc(Cl)c(C)c21. The van der Waals surface area contributed by atoms with Crippen molar-refractivity contribution >= 4 is 62.4 Å². The summed E-state index contributed by atoms with van der Waals surface area (Å²) in [5.74, 6) is 0.579. The van der Waals surface area contributed by atoms with E-state index in [1.807, 2.05) is 50.2 Å². The van der Waals surface area contributed by atoms with E-state index in [1.54, 1.807) is 11.8 Å². The Morgan fingerprint density at radius 1 is 1.19 bits per heavy atom. The van der Waals surface area contributed by atoms with Crippen LogP contribution in [0.4, 0.5) is 0 Å². The molecular formula is C19H18Cl2N2OS2. The van der Waals surface area contributed by atoms with Crippen molar-refractivity contribution < 1.29 is 4.79 Å².